The van der Waals surface area contributed by atoms with Gasteiger partial charge in [-0.15, -0.1) is 0 Å². The van der Waals surface area contributed by atoms with Gasteiger partial charge < -0.3 is 20.4 Å². The molecule has 0 aliphatic carbocycles. The summed E-state index contributed by atoms with van der Waals surface area (Å²) in [6, 6.07) is 16.0. The minimum Gasteiger partial charge on any atom is -0.341 e. The molecule has 2 N–H and O–H groups in total. The Kier molecular flexibility index (Phi) is 8.04. The normalized spacial score (nSPS) is 13.8. The molecular formula is C24H30N4O3. The zero-order chi connectivity index (χ0) is 22.1. The molecule has 0 unspecified atom stereocenters. The van der Waals surface area contributed by atoms with Crippen LogP contribution in [0.1, 0.15) is 31.2 Å². The molecule has 0 radical (unpaired) electrons. The van der Waals surface area contributed by atoms with Gasteiger partial charge in [-0.05, 0) is 49.6 Å². The lowest BCUT2D eigenvalue weighted by Crippen LogP contribution is -2.47. The molecule has 7 heteroatoms. The number of para-hydroxylation sites is 1. The van der Waals surface area contributed by atoms with Crippen LogP contribution in [0, 0.1) is 6.92 Å². The number of hydrogen-bond donors (Lipinski definition) is 2. The lowest BCUT2D eigenvalue weighted by molar-refractivity contribution is -0.131. The standard InChI is InChI=1S/C24H30N4O3/c1-19-10-9-11-20(16-19)26-24(31)25-17-22(29)28(21-12-5-4-6-13-21)18-23(30)27-14-7-2-3-8-15-27/h4-6,9-13,16H,2-3,7-8,14-15,17-18H2,1H3,(H2,25,26,31). The molecule has 0 spiro atoms. The van der Waals surface area contributed by atoms with Crippen LogP contribution >= 0.6 is 0 Å². The fourth-order valence-electron chi connectivity index (χ4n) is 3.64. The highest BCUT2D eigenvalue weighted by atomic mass is 16.2. The third-order valence-corrected chi connectivity index (χ3v) is 5.30. The van der Waals surface area contributed by atoms with Crippen molar-refractivity contribution in [3.05, 3.63) is 60.2 Å². The Morgan fingerprint density at radius 3 is 2.32 bits per heavy atom. The largest absolute Gasteiger partial charge is 0.341 e. The molecular weight excluding hydrogens is 392 g/mol. The van der Waals surface area contributed by atoms with Crippen molar-refractivity contribution in [3.63, 3.8) is 0 Å². The fourth-order valence-corrected chi connectivity index (χ4v) is 3.64. The van der Waals surface area contributed by atoms with E-state index in [-0.39, 0.29) is 24.9 Å². The second-order valence-corrected chi connectivity index (χ2v) is 7.79. The zero-order valence-corrected chi connectivity index (χ0v) is 18.0. The summed E-state index contributed by atoms with van der Waals surface area (Å²) in [6.07, 6.45) is 4.24. The summed E-state index contributed by atoms with van der Waals surface area (Å²) < 4.78 is 0. The van der Waals surface area contributed by atoms with Gasteiger partial charge in [-0.1, -0.05) is 43.2 Å². The van der Waals surface area contributed by atoms with Crippen LogP contribution in [0.5, 0.6) is 0 Å². The van der Waals surface area contributed by atoms with E-state index in [1.165, 1.54) is 4.90 Å². The highest BCUT2D eigenvalue weighted by Crippen LogP contribution is 2.16. The van der Waals surface area contributed by atoms with Crippen LogP contribution < -0.4 is 15.5 Å². The highest BCUT2D eigenvalue weighted by Gasteiger charge is 2.23. The van der Waals surface area contributed by atoms with Crippen LogP contribution in [-0.4, -0.2) is 48.9 Å². The first-order chi connectivity index (χ1) is 15.0. The van der Waals surface area contributed by atoms with E-state index in [0.29, 0.717) is 11.4 Å². The number of anilines is 2. The van der Waals surface area contributed by atoms with Gasteiger partial charge in [0.2, 0.25) is 11.8 Å². The van der Waals surface area contributed by atoms with E-state index < -0.39 is 6.03 Å². The first-order valence-electron chi connectivity index (χ1n) is 10.8. The molecule has 0 atom stereocenters. The van der Waals surface area contributed by atoms with Crippen molar-refractivity contribution in [2.75, 3.05) is 36.4 Å². The molecule has 1 aliphatic heterocycles. The maximum absolute atomic E-state index is 13.0. The molecule has 0 aromatic heterocycles. The number of hydrogen-bond acceptors (Lipinski definition) is 3. The number of carbonyl (C=O) groups is 3. The molecule has 2 aromatic rings. The molecule has 164 valence electrons. The number of rotatable bonds is 6. The maximum Gasteiger partial charge on any atom is 0.319 e. The summed E-state index contributed by atoms with van der Waals surface area (Å²) >= 11 is 0. The number of benzene rings is 2. The predicted molar refractivity (Wildman–Crippen MR) is 122 cm³/mol. The third kappa shape index (κ3) is 6.84. The summed E-state index contributed by atoms with van der Waals surface area (Å²) in [5.74, 6) is -0.405. The van der Waals surface area contributed by atoms with Gasteiger partial charge in [0.05, 0.1) is 6.54 Å². The minimum absolute atomic E-state index is 0.0377. The van der Waals surface area contributed by atoms with E-state index in [4.69, 9.17) is 0 Å². The van der Waals surface area contributed by atoms with Gasteiger partial charge in [-0.2, -0.15) is 0 Å². The van der Waals surface area contributed by atoms with Gasteiger partial charge in [0.1, 0.15) is 6.54 Å². The lowest BCUT2D eigenvalue weighted by Gasteiger charge is -2.27. The fraction of sp³-hybridized carbons (Fsp3) is 0.375. The zero-order valence-electron chi connectivity index (χ0n) is 18.0. The Hall–Kier alpha value is -3.35. The van der Waals surface area contributed by atoms with E-state index in [1.54, 1.807) is 18.2 Å². The summed E-state index contributed by atoms with van der Waals surface area (Å²) in [4.78, 5) is 41.3. The van der Waals surface area contributed by atoms with Crippen molar-refractivity contribution in [2.45, 2.75) is 32.6 Å². The Bertz CT molecular complexity index is 893. The summed E-state index contributed by atoms with van der Waals surface area (Å²) in [5, 5.41) is 5.32. The number of likely N-dealkylation sites (tertiary alicyclic amines) is 1. The summed E-state index contributed by atoms with van der Waals surface area (Å²) in [6.45, 7) is 3.15. The van der Waals surface area contributed by atoms with Crippen molar-refractivity contribution >= 4 is 29.2 Å². The number of urea groups is 1. The van der Waals surface area contributed by atoms with Gasteiger partial charge in [-0.3, -0.25) is 9.59 Å². The second-order valence-electron chi connectivity index (χ2n) is 7.79. The number of aryl methyl sites for hydroxylation is 1. The average Bonchev–Trinajstić information content (AvgIpc) is 3.06. The van der Waals surface area contributed by atoms with E-state index in [2.05, 4.69) is 10.6 Å². The third-order valence-electron chi connectivity index (χ3n) is 5.30. The van der Waals surface area contributed by atoms with Crippen LogP contribution in [0.3, 0.4) is 0 Å². The van der Waals surface area contributed by atoms with Crippen molar-refractivity contribution in [2.24, 2.45) is 0 Å². The van der Waals surface area contributed by atoms with E-state index in [1.807, 2.05) is 48.2 Å². The molecule has 1 saturated heterocycles. The SMILES string of the molecule is Cc1cccc(NC(=O)NCC(=O)N(CC(=O)N2CCCCCC2)c2ccccc2)c1. The van der Waals surface area contributed by atoms with Crippen molar-refractivity contribution in [1.29, 1.82) is 0 Å². The number of nitrogens with zero attached hydrogens (tertiary/aromatic N) is 2. The van der Waals surface area contributed by atoms with E-state index >= 15 is 0 Å². The Morgan fingerprint density at radius 1 is 0.935 bits per heavy atom. The summed E-state index contributed by atoms with van der Waals surface area (Å²) in [7, 11) is 0. The smallest absolute Gasteiger partial charge is 0.319 e. The average molecular weight is 423 g/mol. The lowest BCUT2D eigenvalue weighted by atomic mass is 10.2. The van der Waals surface area contributed by atoms with Crippen LogP contribution in [0.25, 0.3) is 0 Å². The number of amides is 4. The van der Waals surface area contributed by atoms with Crippen LogP contribution in [0.4, 0.5) is 16.2 Å². The van der Waals surface area contributed by atoms with Crippen molar-refractivity contribution in [3.8, 4) is 0 Å². The van der Waals surface area contributed by atoms with E-state index in [9.17, 15) is 14.4 Å². The number of carbonyl (C=O) groups excluding carboxylic acids is 3. The molecule has 0 bridgehead atoms. The minimum atomic E-state index is -0.467. The number of nitrogens with one attached hydrogen (secondary N) is 2. The quantitative estimate of drug-likeness (QED) is 0.747. The molecule has 1 heterocycles. The van der Waals surface area contributed by atoms with Gasteiger partial charge in [0.15, 0.2) is 0 Å². The monoisotopic (exact) mass is 422 g/mol. The Morgan fingerprint density at radius 2 is 1.65 bits per heavy atom. The molecule has 31 heavy (non-hydrogen) atoms. The molecule has 7 nitrogen and oxygen atoms in total. The molecule has 1 fully saturated rings. The highest BCUT2D eigenvalue weighted by molar-refractivity contribution is 6.01. The van der Waals surface area contributed by atoms with Gasteiger partial charge >= 0.3 is 6.03 Å². The van der Waals surface area contributed by atoms with Crippen LogP contribution in [0.2, 0.25) is 0 Å². The van der Waals surface area contributed by atoms with Crippen LogP contribution in [-0.2, 0) is 9.59 Å². The Labute approximate surface area is 183 Å². The van der Waals surface area contributed by atoms with Gasteiger partial charge in [-0.25, -0.2) is 4.79 Å². The molecule has 2 aromatic carbocycles. The van der Waals surface area contributed by atoms with Gasteiger partial charge in [0, 0.05) is 24.5 Å². The van der Waals surface area contributed by atoms with Crippen LogP contribution in [0.15, 0.2) is 54.6 Å². The first-order valence-corrected chi connectivity index (χ1v) is 10.8. The predicted octanol–water partition coefficient (Wildman–Crippen LogP) is 3.55. The molecule has 3 rings (SSSR count). The Balaban J connectivity index is 1.62. The maximum atomic E-state index is 13.0. The van der Waals surface area contributed by atoms with Gasteiger partial charge in [0.25, 0.3) is 0 Å². The van der Waals surface area contributed by atoms with E-state index in [0.717, 1.165) is 44.3 Å². The molecule has 4 amide bonds. The summed E-state index contributed by atoms with van der Waals surface area (Å²) in [5.41, 5.74) is 2.31. The second kappa shape index (κ2) is 11.2. The first kappa shape index (κ1) is 22.3. The molecule has 1 aliphatic rings. The topological polar surface area (TPSA) is 81.8 Å². The van der Waals surface area contributed by atoms with Crippen molar-refractivity contribution < 1.29 is 14.4 Å². The molecule has 0 saturated carbocycles. The van der Waals surface area contributed by atoms with Crippen molar-refractivity contribution in [1.82, 2.24) is 10.2 Å².